The van der Waals surface area contributed by atoms with Crippen molar-refractivity contribution < 1.29 is 13.2 Å². The molecule has 2 N–H and O–H groups in total. The number of hydrogen-bond acceptors (Lipinski definition) is 1. The van der Waals surface area contributed by atoms with Crippen LogP contribution in [-0.2, 0) is 6.18 Å². The molecule has 0 bridgehead atoms. The molecule has 0 spiro atoms. The minimum absolute atomic E-state index is 0.146. The van der Waals surface area contributed by atoms with Crippen LogP contribution in [0.4, 0.5) is 13.2 Å². The maximum absolute atomic E-state index is 12.6. The van der Waals surface area contributed by atoms with Crippen molar-refractivity contribution in [1.82, 2.24) is 0 Å². The third kappa shape index (κ3) is 2.95. The van der Waals surface area contributed by atoms with Gasteiger partial charge in [0.05, 0.1) is 5.56 Å². The lowest BCUT2D eigenvalue weighted by Crippen LogP contribution is -2.16. The van der Waals surface area contributed by atoms with Crippen molar-refractivity contribution in [2.75, 3.05) is 0 Å². The van der Waals surface area contributed by atoms with E-state index in [1.807, 2.05) is 0 Å². The lowest BCUT2D eigenvalue weighted by Gasteiger charge is -2.17. The topological polar surface area (TPSA) is 26.0 Å². The van der Waals surface area contributed by atoms with Gasteiger partial charge < -0.3 is 5.73 Å². The molecule has 0 heterocycles. The highest BCUT2D eigenvalue weighted by molar-refractivity contribution is 9.10. The smallest absolute Gasteiger partial charge is 0.324 e. The summed E-state index contributed by atoms with van der Waals surface area (Å²) in [5.74, 6) is 0. The van der Waals surface area contributed by atoms with Gasteiger partial charge in [0.1, 0.15) is 0 Å². The van der Waals surface area contributed by atoms with Gasteiger partial charge in [0.25, 0.3) is 0 Å². The van der Waals surface area contributed by atoms with E-state index in [0.717, 1.165) is 6.07 Å². The summed E-state index contributed by atoms with van der Waals surface area (Å²) in [6.45, 7) is 1.76. The van der Waals surface area contributed by atoms with Crippen LogP contribution < -0.4 is 5.73 Å². The van der Waals surface area contributed by atoms with E-state index in [9.17, 15) is 13.2 Å². The first kappa shape index (κ1) is 12.5. The molecule has 5 heteroatoms. The van der Waals surface area contributed by atoms with E-state index >= 15 is 0 Å². The molecule has 0 unspecified atom stereocenters. The molecule has 1 rings (SSSR count). The van der Waals surface area contributed by atoms with Gasteiger partial charge in [-0.25, -0.2) is 0 Å². The summed E-state index contributed by atoms with van der Waals surface area (Å²) in [4.78, 5) is 0. The normalized spacial score (nSPS) is 14.0. The molecule has 0 aliphatic heterocycles. The summed E-state index contributed by atoms with van der Waals surface area (Å²) in [6.07, 6.45) is -3.88. The zero-order valence-corrected chi connectivity index (χ0v) is 9.69. The fourth-order valence-corrected chi connectivity index (χ4v) is 1.68. The van der Waals surface area contributed by atoms with Gasteiger partial charge in [-0.1, -0.05) is 28.9 Å². The summed E-state index contributed by atoms with van der Waals surface area (Å²) >= 11 is 3.02. The van der Waals surface area contributed by atoms with Crippen LogP contribution in [0.2, 0.25) is 0 Å². The Labute approximate surface area is 94.6 Å². The van der Waals surface area contributed by atoms with Gasteiger partial charge in [0.15, 0.2) is 0 Å². The molecule has 0 radical (unpaired) electrons. The van der Waals surface area contributed by atoms with Crippen molar-refractivity contribution in [3.05, 3.63) is 33.8 Å². The van der Waals surface area contributed by atoms with E-state index in [-0.39, 0.29) is 5.56 Å². The fourth-order valence-electron chi connectivity index (χ4n) is 1.32. The molecule has 0 aliphatic carbocycles. The van der Waals surface area contributed by atoms with E-state index in [1.54, 1.807) is 13.0 Å². The Morgan fingerprint density at radius 3 is 2.47 bits per heavy atom. The fraction of sp³-hybridized carbons (Fsp3) is 0.400. The third-order valence-corrected chi connectivity index (χ3v) is 2.65. The average molecular weight is 282 g/mol. The largest absolute Gasteiger partial charge is 0.416 e. The van der Waals surface area contributed by atoms with Crippen molar-refractivity contribution in [1.29, 1.82) is 0 Å². The first-order chi connectivity index (χ1) is 6.86. The second-order valence-corrected chi connectivity index (χ2v) is 4.16. The van der Waals surface area contributed by atoms with Crippen LogP contribution in [0, 0.1) is 0 Å². The summed E-state index contributed by atoms with van der Waals surface area (Å²) in [5, 5.41) is 0. The van der Waals surface area contributed by atoms with E-state index in [1.165, 1.54) is 6.07 Å². The molecule has 15 heavy (non-hydrogen) atoms. The molecule has 84 valence electrons. The highest BCUT2D eigenvalue weighted by Gasteiger charge is 2.34. The molecule has 1 nitrogen and oxygen atoms in total. The summed E-state index contributed by atoms with van der Waals surface area (Å²) in [7, 11) is 0. The van der Waals surface area contributed by atoms with Gasteiger partial charge in [-0.15, -0.1) is 0 Å². The van der Waals surface area contributed by atoms with Crippen LogP contribution in [0.5, 0.6) is 0 Å². The van der Waals surface area contributed by atoms with Gasteiger partial charge in [0.2, 0.25) is 0 Å². The second-order valence-electron chi connectivity index (χ2n) is 3.24. The molecule has 0 saturated heterocycles. The monoisotopic (exact) mass is 281 g/mol. The van der Waals surface area contributed by atoms with Crippen molar-refractivity contribution in [3.8, 4) is 0 Å². The van der Waals surface area contributed by atoms with Crippen LogP contribution in [0.25, 0.3) is 0 Å². The summed E-state index contributed by atoms with van der Waals surface area (Å²) in [6, 6.07) is 3.47. The van der Waals surface area contributed by atoms with Crippen molar-refractivity contribution in [2.24, 2.45) is 5.73 Å². The van der Waals surface area contributed by atoms with Gasteiger partial charge in [0, 0.05) is 10.5 Å². The van der Waals surface area contributed by atoms with Gasteiger partial charge >= 0.3 is 6.18 Å². The van der Waals surface area contributed by atoms with Crippen LogP contribution in [0.1, 0.15) is 30.5 Å². The number of benzene rings is 1. The molecule has 1 atom stereocenters. The standard InChI is InChI=1S/C10H11BrF3N/c1-2-9(15)7-4-3-6(11)5-8(7)10(12,13)14/h3-5,9H,2,15H2,1H3/t9-/m0/s1. The Morgan fingerprint density at radius 1 is 1.40 bits per heavy atom. The molecule has 0 saturated carbocycles. The lowest BCUT2D eigenvalue weighted by molar-refractivity contribution is -0.138. The number of alkyl halides is 3. The first-order valence-electron chi connectivity index (χ1n) is 4.48. The molecule has 1 aromatic carbocycles. The highest BCUT2D eigenvalue weighted by Crippen LogP contribution is 2.36. The lowest BCUT2D eigenvalue weighted by atomic mass is 9.99. The Morgan fingerprint density at radius 2 is 2.00 bits per heavy atom. The molecule has 1 aromatic rings. The molecular weight excluding hydrogens is 271 g/mol. The summed E-state index contributed by atoms with van der Waals surface area (Å²) in [5.41, 5.74) is 5.11. The van der Waals surface area contributed by atoms with Crippen molar-refractivity contribution in [2.45, 2.75) is 25.6 Å². The predicted molar refractivity (Wildman–Crippen MR) is 56.4 cm³/mol. The minimum Gasteiger partial charge on any atom is -0.324 e. The minimum atomic E-state index is -4.36. The predicted octanol–water partition coefficient (Wildman–Crippen LogP) is 3.88. The zero-order chi connectivity index (χ0) is 11.6. The van der Waals surface area contributed by atoms with Crippen LogP contribution >= 0.6 is 15.9 Å². The van der Waals surface area contributed by atoms with Crippen LogP contribution in [0.3, 0.4) is 0 Å². The molecule has 0 aromatic heterocycles. The maximum Gasteiger partial charge on any atom is 0.416 e. The molecule has 0 aliphatic rings. The number of hydrogen-bond donors (Lipinski definition) is 1. The molecular formula is C10H11BrF3N. The van der Waals surface area contributed by atoms with E-state index < -0.39 is 17.8 Å². The van der Waals surface area contributed by atoms with E-state index in [2.05, 4.69) is 15.9 Å². The zero-order valence-electron chi connectivity index (χ0n) is 8.11. The molecule has 0 fully saturated rings. The number of rotatable bonds is 2. The van der Waals surface area contributed by atoms with Gasteiger partial charge in [-0.2, -0.15) is 13.2 Å². The van der Waals surface area contributed by atoms with Crippen molar-refractivity contribution >= 4 is 15.9 Å². The van der Waals surface area contributed by atoms with E-state index in [0.29, 0.717) is 10.9 Å². The van der Waals surface area contributed by atoms with Crippen LogP contribution in [0.15, 0.2) is 22.7 Å². The SMILES string of the molecule is CC[C@H](N)c1ccc(Br)cc1C(F)(F)F. The molecule has 0 amide bonds. The van der Waals surface area contributed by atoms with Crippen LogP contribution in [-0.4, -0.2) is 0 Å². The second kappa shape index (κ2) is 4.53. The Bertz CT molecular complexity index is 349. The van der Waals surface area contributed by atoms with Crippen molar-refractivity contribution in [3.63, 3.8) is 0 Å². The highest BCUT2D eigenvalue weighted by atomic mass is 79.9. The van der Waals surface area contributed by atoms with Gasteiger partial charge in [-0.05, 0) is 24.1 Å². The maximum atomic E-state index is 12.6. The van der Waals surface area contributed by atoms with Gasteiger partial charge in [-0.3, -0.25) is 0 Å². The average Bonchev–Trinajstić information content (AvgIpc) is 2.15. The Balaban J connectivity index is 3.27. The summed E-state index contributed by atoms with van der Waals surface area (Å²) < 4.78 is 38.4. The quantitative estimate of drug-likeness (QED) is 0.875. The third-order valence-electron chi connectivity index (χ3n) is 2.16. The number of halogens is 4. The van der Waals surface area contributed by atoms with E-state index in [4.69, 9.17) is 5.73 Å². The Hall–Kier alpha value is -0.550. The Kier molecular flexibility index (Phi) is 3.78. The first-order valence-corrected chi connectivity index (χ1v) is 5.27. The number of nitrogens with two attached hydrogens (primary N) is 1.